The fraction of sp³-hybridized carbons (Fsp3) is 0.333. The molecule has 0 radical (unpaired) electrons. The summed E-state index contributed by atoms with van der Waals surface area (Å²) in [6.07, 6.45) is 1.40. The maximum Gasteiger partial charge on any atom is 0.255 e. The van der Waals surface area contributed by atoms with Crippen molar-refractivity contribution in [1.82, 2.24) is 30.4 Å². The molecule has 4 rings (SSSR count). The summed E-state index contributed by atoms with van der Waals surface area (Å²) in [7, 11) is 1.46. The highest BCUT2D eigenvalue weighted by Crippen LogP contribution is 2.29. The molecule has 1 unspecified atom stereocenters. The monoisotopic (exact) mass is 460 g/mol. The number of ether oxygens (including phenoxy) is 2. The minimum Gasteiger partial charge on any atom is -0.496 e. The van der Waals surface area contributed by atoms with Crippen LogP contribution in [0, 0.1) is 5.82 Å². The number of nitrogens with one attached hydrogen (secondary N) is 1. The van der Waals surface area contributed by atoms with E-state index in [1.807, 2.05) is 6.07 Å². The predicted molar refractivity (Wildman–Crippen MR) is 115 cm³/mol. The van der Waals surface area contributed by atoms with Gasteiger partial charge in [-0.2, -0.15) is 4.68 Å². The lowest BCUT2D eigenvalue weighted by molar-refractivity contribution is 0.0161. The van der Waals surface area contributed by atoms with Crippen LogP contribution in [0.3, 0.4) is 0 Å². The molecule has 1 atom stereocenters. The van der Waals surface area contributed by atoms with Crippen molar-refractivity contribution in [3.05, 3.63) is 64.7 Å². The summed E-state index contributed by atoms with van der Waals surface area (Å²) in [5.41, 5.74) is 1.54. The van der Waals surface area contributed by atoms with Crippen LogP contribution in [0.2, 0.25) is 5.02 Å². The SMILES string of the molecule is COc1cc(-n2cnnn2)c(Cl)cc1C(=O)NCC(c1cccc(F)c1)N1CCOCC1. The normalized spacial score (nSPS) is 15.3. The van der Waals surface area contributed by atoms with Crippen molar-refractivity contribution in [2.75, 3.05) is 40.0 Å². The number of carbonyl (C=O) groups excluding carboxylic acids is 1. The highest BCUT2D eigenvalue weighted by Gasteiger charge is 2.25. The molecule has 1 saturated heterocycles. The molecule has 1 fully saturated rings. The van der Waals surface area contributed by atoms with Gasteiger partial charge >= 0.3 is 0 Å². The van der Waals surface area contributed by atoms with Crippen LogP contribution in [0.25, 0.3) is 5.69 Å². The molecule has 168 valence electrons. The lowest BCUT2D eigenvalue weighted by Crippen LogP contribution is -2.43. The molecule has 11 heteroatoms. The second-order valence-electron chi connectivity index (χ2n) is 7.19. The number of tetrazole rings is 1. The molecule has 0 saturated carbocycles. The van der Waals surface area contributed by atoms with Gasteiger partial charge in [-0.05, 0) is 34.2 Å². The van der Waals surface area contributed by atoms with E-state index in [4.69, 9.17) is 21.1 Å². The van der Waals surface area contributed by atoms with E-state index >= 15 is 0 Å². The lowest BCUT2D eigenvalue weighted by atomic mass is 10.0. The first-order valence-electron chi connectivity index (χ1n) is 10.0. The largest absolute Gasteiger partial charge is 0.496 e. The molecule has 2 aromatic carbocycles. The van der Waals surface area contributed by atoms with Gasteiger partial charge in [0.25, 0.3) is 5.91 Å². The van der Waals surface area contributed by atoms with E-state index < -0.39 is 0 Å². The Morgan fingerprint density at radius 2 is 2.12 bits per heavy atom. The maximum absolute atomic E-state index is 13.9. The minimum atomic E-state index is -0.360. The molecule has 32 heavy (non-hydrogen) atoms. The minimum absolute atomic E-state index is 0.208. The molecule has 1 N–H and O–H groups in total. The van der Waals surface area contributed by atoms with E-state index in [1.54, 1.807) is 12.1 Å². The van der Waals surface area contributed by atoms with Gasteiger partial charge in [0, 0.05) is 25.7 Å². The van der Waals surface area contributed by atoms with Crippen molar-refractivity contribution in [3.8, 4) is 11.4 Å². The van der Waals surface area contributed by atoms with Crippen molar-refractivity contribution in [2.24, 2.45) is 0 Å². The number of hydrogen-bond donors (Lipinski definition) is 1. The summed E-state index contributed by atoms with van der Waals surface area (Å²) >= 11 is 6.38. The van der Waals surface area contributed by atoms with Gasteiger partial charge in [-0.1, -0.05) is 23.7 Å². The summed E-state index contributed by atoms with van der Waals surface area (Å²) < 4.78 is 26.1. The quantitative estimate of drug-likeness (QED) is 0.578. The molecule has 3 aromatic rings. The Morgan fingerprint density at radius 1 is 1.31 bits per heavy atom. The first kappa shape index (κ1) is 22.1. The third kappa shape index (κ3) is 4.87. The van der Waals surface area contributed by atoms with Gasteiger partial charge in [-0.25, -0.2) is 4.39 Å². The van der Waals surface area contributed by atoms with Crippen LogP contribution in [-0.4, -0.2) is 71.0 Å². The smallest absolute Gasteiger partial charge is 0.255 e. The summed E-state index contributed by atoms with van der Waals surface area (Å²) in [6.45, 7) is 2.82. The highest BCUT2D eigenvalue weighted by molar-refractivity contribution is 6.33. The van der Waals surface area contributed by atoms with Crippen molar-refractivity contribution < 1.29 is 18.7 Å². The number of hydrogen-bond acceptors (Lipinski definition) is 7. The fourth-order valence-electron chi connectivity index (χ4n) is 3.68. The van der Waals surface area contributed by atoms with Crippen molar-refractivity contribution in [3.63, 3.8) is 0 Å². The summed E-state index contributed by atoms with van der Waals surface area (Å²) in [5.74, 6) is -0.355. The third-order valence-electron chi connectivity index (χ3n) is 5.29. The van der Waals surface area contributed by atoms with Gasteiger partial charge in [-0.3, -0.25) is 9.69 Å². The Morgan fingerprint density at radius 3 is 2.81 bits per heavy atom. The van der Waals surface area contributed by atoms with E-state index in [-0.39, 0.29) is 34.9 Å². The van der Waals surface area contributed by atoms with Gasteiger partial charge in [0.2, 0.25) is 0 Å². The molecular weight excluding hydrogens is 439 g/mol. The number of carbonyl (C=O) groups is 1. The van der Waals surface area contributed by atoms with Crippen LogP contribution in [0.1, 0.15) is 22.0 Å². The average Bonchev–Trinajstić information content (AvgIpc) is 3.34. The van der Waals surface area contributed by atoms with Crippen molar-refractivity contribution in [2.45, 2.75) is 6.04 Å². The van der Waals surface area contributed by atoms with Crippen LogP contribution in [0.4, 0.5) is 4.39 Å². The Hall–Kier alpha value is -3.08. The third-order valence-corrected chi connectivity index (χ3v) is 5.59. The zero-order valence-corrected chi connectivity index (χ0v) is 18.1. The Kier molecular flexibility index (Phi) is 6.93. The first-order chi connectivity index (χ1) is 15.6. The van der Waals surface area contributed by atoms with Gasteiger partial charge in [0.1, 0.15) is 17.9 Å². The molecule has 1 aliphatic heterocycles. The van der Waals surface area contributed by atoms with E-state index in [0.717, 1.165) is 5.56 Å². The van der Waals surface area contributed by atoms with E-state index in [0.29, 0.717) is 37.7 Å². The van der Waals surface area contributed by atoms with E-state index in [9.17, 15) is 9.18 Å². The van der Waals surface area contributed by atoms with Crippen LogP contribution >= 0.6 is 11.6 Å². The van der Waals surface area contributed by atoms with Gasteiger partial charge < -0.3 is 14.8 Å². The second kappa shape index (κ2) is 10.0. The summed E-state index contributed by atoms with van der Waals surface area (Å²) in [6, 6.07) is 9.31. The Labute approximate surface area is 189 Å². The number of benzene rings is 2. The maximum atomic E-state index is 13.9. The zero-order valence-electron chi connectivity index (χ0n) is 17.4. The summed E-state index contributed by atoms with van der Waals surface area (Å²) in [4.78, 5) is 15.2. The van der Waals surface area contributed by atoms with E-state index in [1.165, 1.54) is 36.3 Å². The average molecular weight is 461 g/mol. The lowest BCUT2D eigenvalue weighted by Gasteiger charge is -2.35. The fourth-order valence-corrected chi connectivity index (χ4v) is 3.93. The number of methoxy groups -OCH3 is 1. The standard InChI is InChI=1S/C21H22ClFN6O3/c1-31-20-11-18(29-13-25-26-27-29)17(22)10-16(20)21(30)24-12-19(28-5-7-32-8-6-28)14-3-2-4-15(23)9-14/h2-4,9-11,13,19H,5-8,12H2,1H3,(H,24,30). The second-order valence-corrected chi connectivity index (χ2v) is 7.59. The Balaban J connectivity index is 1.56. The molecule has 0 spiro atoms. The van der Waals surface area contributed by atoms with Crippen LogP contribution in [0.15, 0.2) is 42.7 Å². The topological polar surface area (TPSA) is 94.4 Å². The number of aromatic nitrogens is 4. The first-order valence-corrected chi connectivity index (χ1v) is 10.4. The van der Waals surface area contributed by atoms with Gasteiger partial charge in [0.15, 0.2) is 0 Å². The number of halogens is 2. The van der Waals surface area contributed by atoms with Crippen LogP contribution in [-0.2, 0) is 4.74 Å². The molecular formula is C21H22ClFN6O3. The highest BCUT2D eigenvalue weighted by atomic mass is 35.5. The zero-order chi connectivity index (χ0) is 22.5. The number of nitrogens with zero attached hydrogens (tertiary/aromatic N) is 5. The summed E-state index contributed by atoms with van der Waals surface area (Å²) in [5, 5.41) is 14.2. The predicted octanol–water partition coefficient (Wildman–Crippen LogP) is 2.27. The molecule has 1 aliphatic rings. The van der Waals surface area contributed by atoms with Gasteiger partial charge in [-0.15, -0.1) is 5.10 Å². The van der Waals surface area contributed by atoms with E-state index in [2.05, 4.69) is 25.7 Å². The molecule has 0 aliphatic carbocycles. The van der Waals surface area contributed by atoms with Gasteiger partial charge in [0.05, 0.1) is 42.6 Å². The van der Waals surface area contributed by atoms with Crippen molar-refractivity contribution in [1.29, 1.82) is 0 Å². The molecule has 0 bridgehead atoms. The number of amides is 1. The molecule has 1 aromatic heterocycles. The number of rotatable bonds is 7. The molecule has 1 amide bonds. The van der Waals surface area contributed by atoms with Crippen molar-refractivity contribution >= 4 is 17.5 Å². The molecule has 2 heterocycles. The Bertz CT molecular complexity index is 1080. The van der Waals surface area contributed by atoms with Crippen LogP contribution < -0.4 is 10.1 Å². The number of morpholine rings is 1. The van der Waals surface area contributed by atoms with Crippen LogP contribution in [0.5, 0.6) is 5.75 Å². The molecule has 9 nitrogen and oxygen atoms in total.